The maximum Gasteiger partial charge on any atom is 0.416 e. The van der Waals surface area contributed by atoms with E-state index in [0.717, 1.165) is 6.07 Å². The molecule has 1 amide bonds. The van der Waals surface area contributed by atoms with Gasteiger partial charge in [0.2, 0.25) is 11.8 Å². The summed E-state index contributed by atoms with van der Waals surface area (Å²) in [5.74, 6) is 0.652. The molecule has 0 unspecified atom stereocenters. The van der Waals surface area contributed by atoms with Crippen LogP contribution in [-0.4, -0.2) is 20.3 Å². The van der Waals surface area contributed by atoms with Crippen molar-refractivity contribution in [3.8, 4) is 11.6 Å². The highest BCUT2D eigenvalue weighted by molar-refractivity contribution is 5.92. The standard InChI is InChI=1S/C22H17F3N4O2/c1-14-2-5-16(11-18(14)22(23,24)25)28-20(30)10-15-3-6-17(7-4-15)31-21-13-27-19-12-26-8-9-29(19)21/h2-9,11-13H,10H2,1H3,(H,28,30). The molecule has 0 saturated carbocycles. The number of imidazole rings is 1. The van der Waals surface area contributed by atoms with Crippen molar-refractivity contribution in [2.24, 2.45) is 0 Å². The summed E-state index contributed by atoms with van der Waals surface area (Å²) < 4.78 is 46.7. The zero-order valence-electron chi connectivity index (χ0n) is 16.3. The molecule has 31 heavy (non-hydrogen) atoms. The van der Waals surface area contributed by atoms with E-state index in [4.69, 9.17) is 4.74 Å². The summed E-state index contributed by atoms with van der Waals surface area (Å²) in [5.41, 5.74) is 0.772. The predicted octanol–water partition coefficient (Wildman–Crippen LogP) is 5.03. The highest BCUT2D eigenvalue weighted by Gasteiger charge is 2.32. The van der Waals surface area contributed by atoms with Crippen molar-refractivity contribution in [1.82, 2.24) is 14.4 Å². The topological polar surface area (TPSA) is 68.5 Å². The van der Waals surface area contributed by atoms with Gasteiger partial charge in [-0.25, -0.2) is 4.98 Å². The first-order valence-corrected chi connectivity index (χ1v) is 9.31. The van der Waals surface area contributed by atoms with Crippen molar-refractivity contribution in [3.05, 3.63) is 83.9 Å². The van der Waals surface area contributed by atoms with Crippen LogP contribution in [0.2, 0.25) is 0 Å². The Morgan fingerprint density at radius 3 is 2.65 bits per heavy atom. The van der Waals surface area contributed by atoms with Gasteiger partial charge in [0.1, 0.15) is 5.75 Å². The SMILES string of the molecule is Cc1ccc(NC(=O)Cc2ccc(Oc3cnc4cnccn34)cc2)cc1C(F)(F)F. The fourth-order valence-electron chi connectivity index (χ4n) is 3.09. The normalized spacial score (nSPS) is 11.5. The largest absolute Gasteiger partial charge is 0.439 e. The number of rotatable bonds is 5. The van der Waals surface area contributed by atoms with Crippen molar-refractivity contribution in [2.75, 3.05) is 5.32 Å². The van der Waals surface area contributed by atoms with E-state index < -0.39 is 17.6 Å². The number of carbonyl (C=O) groups is 1. The van der Waals surface area contributed by atoms with Gasteiger partial charge in [-0.1, -0.05) is 18.2 Å². The van der Waals surface area contributed by atoms with Gasteiger partial charge in [0.05, 0.1) is 24.4 Å². The number of ether oxygens (including phenoxy) is 1. The number of amides is 1. The number of nitrogens with one attached hydrogen (secondary N) is 1. The number of hydrogen-bond donors (Lipinski definition) is 1. The molecular formula is C22H17F3N4O2. The summed E-state index contributed by atoms with van der Waals surface area (Å²) in [4.78, 5) is 20.5. The molecule has 0 aliphatic heterocycles. The minimum Gasteiger partial charge on any atom is -0.439 e. The smallest absolute Gasteiger partial charge is 0.416 e. The monoisotopic (exact) mass is 426 g/mol. The average molecular weight is 426 g/mol. The molecule has 0 bridgehead atoms. The second-order valence-electron chi connectivity index (χ2n) is 6.90. The molecule has 0 spiro atoms. The summed E-state index contributed by atoms with van der Waals surface area (Å²) in [6.45, 7) is 1.38. The molecular weight excluding hydrogens is 409 g/mol. The second-order valence-corrected chi connectivity index (χ2v) is 6.90. The van der Waals surface area contributed by atoms with Crippen LogP contribution < -0.4 is 10.1 Å². The summed E-state index contributed by atoms with van der Waals surface area (Å²) in [6.07, 6.45) is 2.07. The van der Waals surface area contributed by atoms with Crippen molar-refractivity contribution in [2.45, 2.75) is 19.5 Å². The molecule has 158 valence electrons. The lowest BCUT2D eigenvalue weighted by molar-refractivity contribution is -0.138. The number of anilines is 1. The molecule has 4 rings (SSSR count). The van der Waals surface area contributed by atoms with Crippen LogP contribution in [0.3, 0.4) is 0 Å². The lowest BCUT2D eigenvalue weighted by Crippen LogP contribution is -2.15. The van der Waals surface area contributed by atoms with Gasteiger partial charge in [0.15, 0.2) is 5.65 Å². The van der Waals surface area contributed by atoms with Crippen LogP contribution in [0.5, 0.6) is 11.6 Å². The number of benzene rings is 2. The van der Waals surface area contributed by atoms with Crippen LogP contribution in [-0.2, 0) is 17.4 Å². The molecule has 2 aromatic carbocycles. The first-order chi connectivity index (χ1) is 14.8. The first-order valence-electron chi connectivity index (χ1n) is 9.31. The third-order valence-corrected chi connectivity index (χ3v) is 4.62. The van der Waals surface area contributed by atoms with Gasteiger partial charge in [0.25, 0.3) is 0 Å². The Morgan fingerprint density at radius 1 is 1.13 bits per heavy atom. The molecule has 0 radical (unpaired) electrons. The zero-order valence-corrected chi connectivity index (χ0v) is 16.3. The fourth-order valence-corrected chi connectivity index (χ4v) is 3.09. The Bertz CT molecular complexity index is 1230. The van der Waals surface area contributed by atoms with Crippen LogP contribution in [0.4, 0.5) is 18.9 Å². The third kappa shape index (κ3) is 4.66. The van der Waals surface area contributed by atoms with Gasteiger partial charge in [-0.3, -0.25) is 14.2 Å². The highest BCUT2D eigenvalue weighted by atomic mass is 19.4. The first kappa shape index (κ1) is 20.4. The minimum atomic E-state index is -4.47. The molecule has 4 aromatic rings. The third-order valence-electron chi connectivity index (χ3n) is 4.62. The number of nitrogens with zero attached hydrogens (tertiary/aromatic N) is 3. The number of halogens is 3. The molecule has 0 fully saturated rings. The van der Waals surface area contributed by atoms with Crippen LogP contribution in [0.25, 0.3) is 5.65 Å². The lowest BCUT2D eigenvalue weighted by Gasteiger charge is -2.13. The maximum absolute atomic E-state index is 13.0. The van der Waals surface area contributed by atoms with Crippen LogP contribution in [0.15, 0.2) is 67.3 Å². The van der Waals surface area contributed by atoms with Crippen LogP contribution >= 0.6 is 0 Å². The average Bonchev–Trinajstić information content (AvgIpc) is 3.13. The quantitative estimate of drug-likeness (QED) is 0.486. The number of aryl methyl sites for hydroxylation is 1. The molecule has 0 aliphatic carbocycles. The van der Waals surface area contributed by atoms with Crippen LogP contribution in [0, 0.1) is 6.92 Å². The molecule has 2 heterocycles. The van der Waals surface area contributed by atoms with Crippen molar-refractivity contribution in [1.29, 1.82) is 0 Å². The second kappa shape index (κ2) is 8.10. The maximum atomic E-state index is 13.0. The number of fused-ring (bicyclic) bond motifs is 1. The summed E-state index contributed by atoms with van der Waals surface area (Å²) in [6, 6.07) is 10.6. The molecule has 2 aromatic heterocycles. The van der Waals surface area contributed by atoms with Crippen LogP contribution in [0.1, 0.15) is 16.7 Å². The van der Waals surface area contributed by atoms with E-state index in [2.05, 4.69) is 15.3 Å². The Morgan fingerprint density at radius 2 is 1.90 bits per heavy atom. The predicted molar refractivity (Wildman–Crippen MR) is 108 cm³/mol. The Balaban J connectivity index is 1.40. The van der Waals surface area contributed by atoms with Gasteiger partial charge < -0.3 is 10.1 Å². The minimum absolute atomic E-state index is 0.0107. The van der Waals surface area contributed by atoms with E-state index in [0.29, 0.717) is 22.8 Å². The lowest BCUT2D eigenvalue weighted by atomic mass is 10.1. The summed E-state index contributed by atoms with van der Waals surface area (Å²) >= 11 is 0. The van der Waals surface area contributed by atoms with E-state index in [-0.39, 0.29) is 17.7 Å². The summed E-state index contributed by atoms with van der Waals surface area (Å²) in [7, 11) is 0. The molecule has 1 N–H and O–H groups in total. The zero-order chi connectivity index (χ0) is 22.0. The number of carbonyl (C=O) groups excluding carboxylic acids is 1. The van der Waals surface area contributed by atoms with E-state index in [1.807, 2.05) is 0 Å². The van der Waals surface area contributed by atoms with E-state index >= 15 is 0 Å². The van der Waals surface area contributed by atoms with Crippen molar-refractivity contribution >= 4 is 17.2 Å². The molecule has 0 saturated heterocycles. The Labute approximate surface area is 175 Å². The van der Waals surface area contributed by atoms with Gasteiger partial charge in [-0.15, -0.1) is 0 Å². The number of hydrogen-bond acceptors (Lipinski definition) is 4. The number of alkyl halides is 3. The van der Waals surface area contributed by atoms with E-state index in [1.165, 1.54) is 19.1 Å². The van der Waals surface area contributed by atoms with Gasteiger partial charge in [0, 0.05) is 18.1 Å². The Kier molecular flexibility index (Phi) is 5.33. The molecule has 0 aliphatic rings. The molecule has 6 nitrogen and oxygen atoms in total. The van der Waals surface area contributed by atoms with E-state index in [1.54, 1.807) is 53.5 Å². The molecule has 0 atom stereocenters. The fraction of sp³-hybridized carbons (Fsp3) is 0.136. The number of aromatic nitrogens is 3. The highest BCUT2D eigenvalue weighted by Crippen LogP contribution is 2.33. The summed E-state index contributed by atoms with van der Waals surface area (Å²) in [5, 5.41) is 2.51. The molecule has 9 heteroatoms. The van der Waals surface area contributed by atoms with Gasteiger partial charge in [-0.2, -0.15) is 13.2 Å². The van der Waals surface area contributed by atoms with E-state index in [9.17, 15) is 18.0 Å². The Hall–Kier alpha value is -3.88. The van der Waals surface area contributed by atoms with Crippen molar-refractivity contribution < 1.29 is 22.7 Å². The van der Waals surface area contributed by atoms with Crippen molar-refractivity contribution in [3.63, 3.8) is 0 Å². The van der Waals surface area contributed by atoms with Gasteiger partial charge >= 0.3 is 6.18 Å². The van der Waals surface area contributed by atoms with Gasteiger partial charge in [-0.05, 0) is 42.3 Å².